The maximum absolute atomic E-state index is 5.64. The second-order valence-electron chi connectivity index (χ2n) is 2.82. The summed E-state index contributed by atoms with van der Waals surface area (Å²) in [5.74, 6) is 0.584. The van der Waals surface area contributed by atoms with Crippen molar-refractivity contribution in [1.29, 1.82) is 0 Å². The maximum Gasteiger partial charge on any atom is 0.0948 e. The SMILES string of the molecule is CPC1OPN2CCCC12. The van der Waals surface area contributed by atoms with Crippen molar-refractivity contribution in [1.82, 2.24) is 4.67 Å². The van der Waals surface area contributed by atoms with Gasteiger partial charge in [0.25, 0.3) is 0 Å². The van der Waals surface area contributed by atoms with Crippen LogP contribution in [0.5, 0.6) is 0 Å². The minimum Gasteiger partial charge on any atom is -0.337 e. The van der Waals surface area contributed by atoms with Gasteiger partial charge in [-0.15, -0.1) is 0 Å². The minimum absolute atomic E-state index is 0.584. The maximum atomic E-state index is 5.64. The molecule has 0 aromatic carbocycles. The Morgan fingerprint density at radius 3 is 3.40 bits per heavy atom. The van der Waals surface area contributed by atoms with E-state index in [0.29, 0.717) is 14.8 Å². The quantitative estimate of drug-likeness (QED) is 0.564. The van der Waals surface area contributed by atoms with Crippen molar-refractivity contribution >= 4 is 17.5 Å². The molecular weight excluding hydrogens is 164 g/mol. The molecule has 0 aromatic heterocycles. The zero-order chi connectivity index (χ0) is 6.97. The Morgan fingerprint density at radius 1 is 1.70 bits per heavy atom. The van der Waals surface area contributed by atoms with Crippen LogP contribution in [0, 0.1) is 0 Å². The van der Waals surface area contributed by atoms with Gasteiger partial charge < -0.3 is 4.52 Å². The summed E-state index contributed by atoms with van der Waals surface area (Å²) in [5, 5.41) is 0. The molecule has 2 aliphatic rings. The standard InChI is InChI=1S/C6H13NOP2/c1-9-6-5-3-2-4-7(5)10-8-6/h5-6,9-10H,2-4H2,1H3. The van der Waals surface area contributed by atoms with Crippen LogP contribution >= 0.6 is 17.5 Å². The second kappa shape index (κ2) is 3.03. The summed E-state index contributed by atoms with van der Waals surface area (Å²) in [6.07, 6.45) is 2.76. The first kappa shape index (κ1) is 7.43. The molecule has 0 amide bonds. The van der Waals surface area contributed by atoms with Gasteiger partial charge in [-0.1, -0.05) is 8.58 Å². The van der Waals surface area contributed by atoms with Crippen molar-refractivity contribution < 1.29 is 4.52 Å². The van der Waals surface area contributed by atoms with Gasteiger partial charge in [-0.05, 0) is 19.5 Å². The molecule has 0 aliphatic carbocycles. The first-order valence-electron chi connectivity index (χ1n) is 3.77. The average Bonchev–Trinajstić information content (AvgIpc) is 2.44. The van der Waals surface area contributed by atoms with Gasteiger partial charge >= 0.3 is 0 Å². The fourth-order valence-electron chi connectivity index (χ4n) is 1.67. The van der Waals surface area contributed by atoms with Gasteiger partial charge in [0.15, 0.2) is 0 Å². The van der Waals surface area contributed by atoms with Crippen LogP contribution in [0.25, 0.3) is 0 Å². The van der Waals surface area contributed by atoms with Crippen molar-refractivity contribution in [3.05, 3.63) is 0 Å². The van der Waals surface area contributed by atoms with E-state index in [1.54, 1.807) is 0 Å². The molecule has 2 aliphatic heterocycles. The summed E-state index contributed by atoms with van der Waals surface area (Å²) < 4.78 is 8.14. The molecule has 4 unspecified atom stereocenters. The zero-order valence-corrected chi connectivity index (χ0v) is 8.13. The summed E-state index contributed by atoms with van der Waals surface area (Å²) in [5.41, 5.74) is 0. The molecule has 2 rings (SSSR count). The van der Waals surface area contributed by atoms with Crippen molar-refractivity contribution in [3.8, 4) is 0 Å². The Hall–Kier alpha value is 0.780. The summed E-state index contributed by atoms with van der Waals surface area (Å²) in [6, 6.07) is 0.793. The van der Waals surface area contributed by atoms with E-state index in [1.165, 1.54) is 19.4 Å². The van der Waals surface area contributed by atoms with E-state index >= 15 is 0 Å². The number of rotatable bonds is 1. The summed E-state index contributed by atoms with van der Waals surface area (Å²) in [4.78, 5) is 0. The van der Waals surface area contributed by atoms with E-state index in [0.717, 1.165) is 14.6 Å². The third-order valence-electron chi connectivity index (χ3n) is 2.23. The van der Waals surface area contributed by atoms with Gasteiger partial charge in [0.05, 0.1) is 14.8 Å². The molecule has 2 saturated heterocycles. The Bertz CT molecular complexity index is 133. The Balaban J connectivity index is 2.01. The highest BCUT2D eigenvalue weighted by atomic mass is 31.1. The predicted molar refractivity (Wildman–Crippen MR) is 47.2 cm³/mol. The van der Waals surface area contributed by atoms with E-state index in [9.17, 15) is 0 Å². The fourth-order valence-corrected chi connectivity index (χ4v) is 4.24. The van der Waals surface area contributed by atoms with Crippen molar-refractivity contribution in [2.75, 3.05) is 13.2 Å². The van der Waals surface area contributed by atoms with Gasteiger partial charge in [0, 0.05) is 12.6 Å². The molecule has 4 heteroatoms. The molecule has 0 bridgehead atoms. The number of hydrogen-bond acceptors (Lipinski definition) is 2. The Labute approximate surface area is 65.4 Å². The van der Waals surface area contributed by atoms with E-state index in [4.69, 9.17) is 4.52 Å². The first-order chi connectivity index (χ1) is 4.92. The molecule has 0 radical (unpaired) electrons. The highest BCUT2D eigenvalue weighted by molar-refractivity contribution is 7.39. The lowest BCUT2D eigenvalue weighted by Crippen LogP contribution is -2.23. The highest BCUT2D eigenvalue weighted by Crippen LogP contribution is 2.46. The molecule has 2 fully saturated rings. The lowest BCUT2D eigenvalue weighted by Gasteiger charge is -2.14. The molecule has 0 spiro atoms. The van der Waals surface area contributed by atoms with Crippen LogP contribution in [-0.2, 0) is 4.52 Å². The second-order valence-corrected chi connectivity index (χ2v) is 4.96. The Kier molecular flexibility index (Phi) is 2.25. The topological polar surface area (TPSA) is 12.5 Å². The third-order valence-corrected chi connectivity index (χ3v) is 4.69. The molecule has 0 saturated carbocycles. The average molecular weight is 177 g/mol. The molecule has 4 atom stereocenters. The molecule has 2 nitrogen and oxygen atoms in total. The van der Waals surface area contributed by atoms with E-state index < -0.39 is 0 Å². The van der Waals surface area contributed by atoms with Gasteiger partial charge in [-0.2, -0.15) is 0 Å². The lowest BCUT2D eigenvalue weighted by molar-refractivity contribution is 0.303. The van der Waals surface area contributed by atoms with Crippen LogP contribution in [0.2, 0.25) is 0 Å². The largest absolute Gasteiger partial charge is 0.337 e. The minimum atomic E-state index is 0.584. The molecule has 2 heterocycles. The molecule has 58 valence electrons. The number of nitrogens with zero attached hydrogens (tertiary/aromatic N) is 1. The molecule has 10 heavy (non-hydrogen) atoms. The zero-order valence-electron chi connectivity index (χ0n) is 6.13. The molecule has 0 N–H and O–H groups in total. The summed E-state index contributed by atoms with van der Waals surface area (Å²) in [6.45, 7) is 3.53. The smallest absolute Gasteiger partial charge is 0.0948 e. The lowest BCUT2D eigenvalue weighted by atomic mass is 10.2. The van der Waals surface area contributed by atoms with Gasteiger partial charge in [0.1, 0.15) is 0 Å². The Morgan fingerprint density at radius 2 is 2.60 bits per heavy atom. The van der Waals surface area contributed by atoms with Crippen molar-refractivity contribution in [3.63, 3.8) is 0 Å². The van der Waals surface area contributed by atoms with Crippen LogP contribution in [0.4, 0.5) is 0 Å². The van der Waals surface area contributed by atoms with Crippen LogP contribution < -0.4 is 0 Å². The van der Waals surface area contributed by atoms with Gasteiger partial charge in [-0.25, -0.2) is 0 Å². The fraction of sp³-hybridized carbons (Fsp3) is 1.00. The van der Waals surface area contributed by atoms with Crippen LogP contribution in [0.1, 0.15) is 12.8 Å². The molecular formula is C6H13NOP2. The first-order valence-corrected chi connectivity index (χ1v) is 6.20. The number of fused-ring (bicyclic) bond motifs is 1. The number of hydrogen-bond donors (Lipinski definition) is 0. The van der Waals surface area contributed by atoms with Gasteiger partial charge in [-0.3, -0.25) is 4.67 Å². The summed E-state index contributed by atoms with van der Waals surface area (Å²) >= 11 is 0. The van der Waals surface area contributed by atoms with E-state index in [1.807, 2.05) is 0 Å². The molecule has 0 aromatic rings. The van der Waals surface area contributed by atoms with Crippen LogP contribution in [0.15, 0.2) is 0 Å². The normalized spacial score (nSPS) is 44.1. The van der Waals surface area contributed by atoms with Crippen LogP contribution in [-0.4, -0.2) is 29.8 Å². The third kappa shape index (κ3) is 1.12. The van der Waals surface area contributed by atoms with E-state index in [2.05, 4.69) is 11.3 Å². The van der Waals surface area contributed by atoms with Crippen LogP contribution in [0.3, 0.4) is 0 Å². The monoisotopic (exact) mass is 177 g/mol. The van der Waals surface area contributed by atoms with E-state index in [-0.39, 0.29) is 0 Å². The highest BCUT2D eigenvalue weighted by Gasteiger charge is 2.37. The predicted octanol–water partition coefficient (Wildman–Crippen LogP) is 1.62. The summed E-state index contributed by atoms with van der Waals surface area (Å²) in [7, 11) is 1.64. The van der Waals surface area contributed by atoms with Gasteiger partial charge in [0.2, 0.25) is 0 Å². The van der Waals surface area contributed by atoms with Crippen molar-refractivity contribution in [2.24, 2.45) is 0 Å². The van der Waals surface area contributed by atoms with Crippen molar-refractivity contribution in [2.45, 2.75) is 24.7 Å².